The van der Waals surface area contributed by atoms with Crippen LogP contribution in [0.25, 0.3) is 10.8 Å². The predicted octanol–water partition coefficient (Wildman–Crippen LogP) is 4.90. The SMILES string of the molecule is CC(C)(C)c1csc(NC(=O)CSCC(=O)Nc2cccc3ccccc23)n1. The Labute approximate surface area is 172 Å². The minimum Gasteiger partial charge on any atom is -0.325 e. The van der Waals surface area contributed by atoms with Gasteiger partial charge in [-0.3, -0.25) is 9.59 Å². The number of rotatable bonds is 6. The summed E-state index contributed by atoms with van der Waals surface area (Å²) in [6.07, 6.45) is 0. The second-order valence-electron chi connectivity index (χ2n) is 7.40. The Morgan fingerprint density at radius 2 is 1.68 bits per heavy atom. The van der Waals surface area contributed by atoms with E-state index in [1.54, 1.807) is 0 Å². The van der Waals surface area contributed by atoms with Crippen molar-refractivity contribution < 1.29 is 9.59 Å². The Balaban J connectivity index is 1.47. The van der Waals surface area contributed by atoms with Crippen LogP contribution in [0.5, 0.6) is 0 Å². The van der Waals surface area contributed by atoms with Gasteiger partial charge in [0.2, 0.25) is 11.8 Å². The normalized spacial score (nSPS) is 11.4. The van der Waals surface area contributed by atoms with Crippen molar-refractivity contribution >= 4 is 56.5 Å². The Kier molecular flexibility index (Phi) is 6.36. The molecule has 0 fully saturated rings. The van der Waals surface area contributed by atoms with Crippen LogP contribution in [-0.4, -0.2) is 28.3 Å². The number of carbonyl (C=O) groups is 2. The number of aromatic nitrogens is 1. The summed E-state index contributed by atoms with van der Waals surface area (Å²) < 4.78 is 0. The van der Waals surface area contributed by atoms with Gasteiger partial charge >= 0.3 is 0 Å². The highest BCUT2D eigenvalue weighted by atomic mass is 32.2. The van der Waals surface area contributed by atoms with Gasteiger partial charge in [-0.15, -0.1) is 23.1 Å². The largest absolute Gasteiger partial charge is 0.325 e. The Morgan fingerprint density at radius 3 is 2.39 bits per heavy atom. The Hall–Kier alpha value is -2.38. The van der Waals surface area contributed by atoms with Crippen molar-refractivity contribution in [2.45, 2.75) is 26.2 Å². The highest BCUT2D eigenvalue weighted by molar-refractivity contribution is 8.00. The molecule has 7 heteroatoms. The number of fused-ring (bicyclic) bond motifs is 1. The Bertz CT molecular complexity index is 987. The van der Waals surface area contributed by atoms with Gasteiger partial charge in [0.05, 0.1) is 17.2 Å². The van der Waals surface area contributed by atoms with Crippen LogP contribution >= 0.6 is 23.1 Å². The standard InChI is InChI=1S/C21H23N3O2S2/c1-21(2,3)17-11-28-20(23-17)24-19(26)13-27-12-18(25)22-16-10-6-8-14-7-4-5-9-15(14)16/h4-11H,12-13H2,1-3H3,(H,22,25)(H,23,24,26). The zero-order valence-corrected chi connectivity index (χ0v) is 17.7. The van der Waals surface area contributed by atoms with Crippen LogP contribution in [0, 0.1) is 0 Å². The summed E-state index contributed by atoms with van der Waals surface area (Å²) in [4.78, 5) is 28.8. The summed E-state index contributed by atoms with van der Waals surface area (Å²) in [5.74, 6) is 0.131. The third-order valence-corrected chi connectivity index (χ3v) is 5.74. The molecule has 3 aromatic rings. The fraction of sp³-hybridized carbons (Fsp3) is 0.286. The molecule has 146 valence electrons. The first kappa shape index (κ1) is 20.4. The van der Waals surface area contributed by atoms with E-state index >= 15 is 0 Å². The number of nitrogens with zero attached hydrogens (tertiary/aromatic N) is 1. The molecule has 1 heterocycles. The number of benzene rings is 2. The second-order valence-corrected chi connectivity index (χ2v) is 9.25. The van der Waals surface area contributed by atoms with Crippen molar-refractivity contribution in [2.75, 3.05) is 22.1 Å². The molecule has 0 atom stereocenters. The van der Waals surface area contributed by atoms with E-state index in [9.17, 15) is 9.59 Å². The number of hydrogen-bond acceptors (Lipinski definition) is 5. The van der Waals surface area contributed by atoms with Gasteiger partial charge in [-0.2, -0.15) is 0 Å². The summed E-state index contributed by atoms with van der Waals surface area (Å²) >= 11 is 2.69. The van der Waals surface area contributed by atoms with Crippen molar-refractivity contribution in [2.24, 2.45) is 0 Å². The lowest BCUT2D eigenvalue weighted by Gasteiger charge is -2.14. The van der Waals surface area contributed by atoms with Crippen molar-refractivity contribution in [1.29, 1.82) is 0 Å². The minimum absolute atomic E-state index is 0.0477. The van der Waals surface area contributed by atoms with Gasteiger partial charge in [-0.1, -0.05) is 57.2 Å². The highest BCUT2D eigenvalue weighted by Crippen LogP contribution is 2.26. The van der Waals surface area contributed by atoms with Gasteiger partial charge < -0.3 is 10.6 Å². The van der Waals surface area contributed by atoms with Crippen molar-refractivity contribution in [3.63, 3.8) is 0 Å². The number of carbonyl (C=O) groups excluding carboxylic acids is 2. The van der Waals surface area contributed by atoms with Crippen LogP contribution in [0.15, 0.2) is 47.8 Å². The first-order chi connectivity index (χ1) is 13.3. The zero-order valence-electron chi connectivity index (χ0n) is 16.1. The molecule has 2 aromatic carbocycles. The number of hydrogen-bond donors (Lipinski definition) is 2. The smallest absolute Gasteiger partial charge is 0.236 e. The number of thioether (sulfide) groups is 1. The summed E-state index contributed by atoms with van der Waals surface area (Å²) in [6.45, 7) is 6.24. The van der Waals surface area contributed by atoms with Crippen molar-refractivity contribution in [1.82, 2.24) is 4.98 Å². The van der Waals surface area contributed by atoms with Crippen LogP contribution in [0.1, 0.15) is 26.5 Å². The molecule has 0 unspecified atom stereocenters. The van der Waals surface area contributed by atoms with E-state index in [0.29, 0.717) is 5.13 Å². The average molecular weight is 414 g/mol. The van der Waals surface area contributed by atoms with Gasteiger partial charge in [0.1, 0.15) is 0 Å². The van der Waals surface area contributed by atoms with Gasteiger partial charge in [0.25, 0.3) is 0 Å². The van der Waals surface area contributed by atoms with Crippen LogP contribution in [0.4, 0.5) is 10.8 Å². The van der Waals surface area contributed by atoms with E-state index < -0.39 is 0 Å². The second kappa shape index (κ2) is 8.75. The van der Waals surface area contributed by atoms with Gasteiger partial charge in [-0.05, 0) is 11.5 Å². The van der Waals surface area contributed by atoms with Crippen LogP contribution in [0.3, 0.4) is 0 Å². The maximum atomic E-state index is 12.2. The third kappa shape index (κ3) is 5.33. The zero-order chi connectivity index (χ0) is 20.1. The van der Waals surface area contributed by atoms with Crippen LogP contribution < -0.4 is 10.6 Å². The molecule has 1 aromatic heterocycles. The van der Waals surface area contributed by atoms with Gasteiger partial charge in [0, 0.05) is 21.9 Å². The molecule has 2 N–H and O–H groups in total. The molecule has 0 spiro atoms. The lowest BCUT2D eigenvalue weighted by molar-refractivity contribution is -0.114. The van der Waals surface area contributed by atoms with Crippen LogP contribution in [0.2, 0.25) is 0 Å². The molecule has 0 bridgehead atoms. The average Bonchev–Trinajstić information content (AvgIpc) is 3.11. The first-order valence-electron chi connectivity index (χ1n) is 8.94. The van der Waals surface area contributed by atoms with E-state index in [4.69, 9.17) is 0 Å². The highest BCUT2D eigenvalue weighted by Gasteiger charge is 2.18. The molecule has 0 saturated carbocycles. The van der Waals surface area contributed by atoms with E-state index in [0.717, 1.165) is 22.2 Å². The molecule has 2 amide bonds. The quantitative estimate of drug-likeness (QED) is 0.603. The van der Waals surface area contributed by atoms with Crippen molar-refractivity contribution in [3.8, 4) is 0 Å². The van der Waals surface area contributed by atoms with Crippen LogP contribution in [-0.2, 0) is 15.0 Å². The molecule has 0 saturated heterocycles. The van der Waals surface area contributed by atoms with Crippen molar-refractivity contribution in [3.05, 3.63) is 53.5 Å². The molecule has 5 nitrogen and oxygen atoms in total. The number of nitrogens with one attached hydrogen (secondary N) is 2. The maximum absolute atomic E-state index is 12.2. The van der Waals surface area contributed by atoms with E-state index in [1.807, 2.05) is 47.8 Å². The monoisotopic (exact) mass is 413 g/mol. The molecule has 0 radical (unpaired) electrons. The fourth-order valence-corrected chi connectivity index (χ4v) is 4.16. The third-order valence-electron chi connectivity index (χ3n) is 4.05. The van der Waals surface area contributed by atoms with Gasteiger partial charge in [0.15, 0.2) is 5.13 Å². The molecule has 0 aliphatic carbocycles. The Morgan fingerprint density at radius 1 is 1.00 bits per heavy atom. The lowest BCUT2D eigenvalue weighted by Crippen LogP contribution is -2.19. The minimum atomic E-state index is -0.155. The molecule has 3 rings (SSSR count). The number of thiazole rings is 1. The maximum Gasteiger partial charge on any atom is 0.236 e. The van der Waals surface area contributed by atoms with E-state index in [2.05, 4.69) is 36.4 Å². The van der Waals surface area contributed by atoms with Gasteiger partial charge in [-0.25, -0.2) is 4.98 Å². The first-order valence-corrected chi connectivity index (χ1v) is 11.0. The summed E-state index contributed by atoms with van der Waals surface area (Å²) in [6, 6.07) is 13.7. The lowest BCUT2D eigenvalue weighted by atomic mass is 9.93. The van der Waals surface area contributed by atoms with E-state index in [-0.39, 0.29) is 28.7 Å². The fourth-order valence-electron chi connectivity index (χ4n) is 2.59. The number of amides is 2. The molecule has 28 heavy (non-hydrogen) atoms. The van der Waals surface area contributed by atoms with E-state index in [1.165, 1.54) is 23.1 Å². The molecular formula is C21H23N3O2S2. The summed E-state index contributed by atoms with van der Waals surface area (Å²) in [7, 11) is 0. The molecule has 0 aliphatic rings. The molecule has 0 aliphatic heterocycles. The number of anilines is 2. The molecular weight excluding hydrogens is 390 g/mol. The summed E-state index contributed by atoms with van der Waals surface area (Å²) in [5.41, 5.74) is 1.69. The predicted molar refractivity (Wildman–Crippen MR) is 119 cm³/mol. The topological polar surface area (TPSA) is 71.1 Å². The summed E-state index contributed by atoms with van der Waals surface area (Å²) in [5, 5.41) is 10.4.